The van der Waals surface area contributed by atoms with Gasteiger partial charge < -0.3 is 13.5 Å². The predicted molar refractivity (Wildman–Crippen MR) is 154 cm³/mol. The van der Waals surface area contributed by atoms with Crippen LogP contribution in [0.15, 0.2) is 56.9 Å². The Labute approximate surface area is 229 Å². The summed E-state index contributed by atoms with van der Waals surface area (Å²) in [4.78, 5) is 13.0. The van der Waals surface area contributed by atoms with Crippen LogP contribution in [0.1, 0.15) is 53.9 Å². The highest BCUT2D eigenvalue weighted by molar-refractivity contribution is 7.90. The van der Waals surface area contributed by atoms with Crippen molar-refractivity contribution in [2.24, 2.45) is 7.05 Å². The quantitative estimate of drug-likeness (QED) is 0.187. The Morgan fingerprint density at radius 3 is 2.67 bits per heavy atom. The molecule has 0 saturated carbocycles. The van der Waals surface area contributed by atoms with Gasteiger partial charge in [-0.25, -0.2) is 17.9 Å². The van der Waals surface area contributed by atoms with Crippen LogP contribution in [0, 0.1) is 25.7 Å². The molecule has 3 aromatic rings. The van der Waals surface area contributed by atoms with Crippen LogP contribution in [0.2, 0.25) is 0 Å². The number of halogens is 2. The van der Waals surface area contributed by atoms with Gasteiger partial charge in [0.1, 0.15) is 17.1 Å². The third-order valence-electron chi connectivity index (χ3n) is 7.20. The van der Waals surface area contributed by atoms with E-state index >= 15 is 0 Å². The summed E-state index contributed by atoms with van der Waals surface area (Å²) in [5.41, 5.74) is 6.56. The van der Waals surface area contributed by atoms with Gasteiger partial charge >= 0.3 is 13.0 Å². The number of fused-ring (bicyclic) bond motifs is 2. The zero-order valence-corrected chi connectivity index (χ0v) is 23.3. The Kier molecular flexibility index (Phi) is 7.28. The zero-order valence-electron chi connectivity index (χ0n) is 22.5. The van der Waals surface area contributed by atoms with Gasteiger partial charge in [0.25, 0.3) is 0 Å². The number of hydrogen-bond donors (Lipinski definition) is 0. The molecule has 0 saturated heterocycles. The highest BCUT2D eigenvalue weighted by Crippen LogP contribution is 2.34. The third-order valence-corrected chi connectivity index (χ3v) is 8.49. The molecule has 0 bridgehead atoms. The largest absolute Gasteiger partial charge is 0.934 e. The Morgan fingerprint density at radius 2 is 1.97 bits per heavy atom. The van der Waals surface area contributed by atoms with Crippen molar-refractivity contribution in [1.82, 2.24) is 4.57 Å². The van der Waals surface area contributed by atoms with Crippen LogP contribution in [0.3, 0.4) is 0 Å². The van der Waals surface area contributed by atoms with Crippen molar-refractivity contribution < 1.29 is 22.1 Å². The van der Waals surface area contributed by atoms with Gasteiger partial charge in [-0.2, -0.15) is 0 Å². The molecular formula is C30H28BF2N2O3S+. The first-order valence-corrected chi connectivity index (χ1v) is 14.1. The van der Waals surface area contributed by atoms with E-state index in [-0.39, 0.29) is 5.56 Å². The lowest BCUT2D eigenvalue weighted by Gasteiger charge is -2.13. The zero-order chi connectivity index (χ0) is 28.0. The molecule has 0 N–H and O–H groups in total. The molecule has 0 radical (unpaired) electrons. The van der Waals surface area contributed by atoms with Crippen LogP contribution in [-0.4, -0.2) is 32.5 Å². The van der Waals surface area contributed by atoms with Crippen LogP contribution in [-0.2, 0) is 24.0 Å². The number of hydrogen-bond acceptors (Lipinski definition) is 3. The van der Waals surface area contributed by atoms with E-state index in [0.29, 0.717) is 57.0 Å². The molecule has 0 amide bonds. The van der Waals surface area contributed by atoms with Gasteiger partial charge in [-0.3, -0.25) is 0 Å². The second-order valence-electron chi connectivity index (χ2n) is 9.96. The molecule has 1 atom stereocenters. The average Bonchev–Trinajstić information content (AvgIpc) is 3.29. The fourth-order valence-electron chi connectivity index (χ4n) is 5.32. The molecule has 1 aromatic carbocycles. The minimum Gasteiger partial charge on any atom is -0.616 e. The van der Waals surface area contributed by atoms with Gasteiger partial charge in [-0.05, 0) is 73.9 Å². The lowest BCUT2D eigenvalue weighted by molar-refractivity contribution is -0.343. The van der Waals surface area contributed by atoms with E-state index in [1.807, 2.05) is 44.5 Å². The van der Waals surface area contributed by atoms with Gasteiger partial charge in [0.05, 0.1) is 23.3 Å². The van der Waals surface area contributed by atoms with Crippen molar-refractivity contribution in [3.05, 3.63) is 91.7 Å². The van der Waals surface area contributed by atoms with E-state index < -0.39 is 24.2 Å². The van der Waals surface area contributed by atoms with Gasteiger partial charge in [0.15, 0.2) is 11.4 Å². The first kappa shape index (κ1) is 27.0. The van der Waals surface area contributed by atoms with Crippen molar-refractivity contribution >= 4 is 46.9 Å². The summed E-state index contributed by atoms with van der Waals surface area (Å²) in [5.74, 6) is 7.03. The summed E-state index contributed by atoms with van der Waals surface area (Å²) in [6.45, 7) is 7.38. The lowest BCUT2D eigenvalue weighted by atomic mass is 9.99. The lowest BCUT2D eigenvalue weighted by Crippen LogP contribution is -2.25. The van der Waals surface area contributed by atoms with E-state index in [9.17, 15) is 18.0 Å². The van der Waals surface area contributed by atoms with Crippen LogP contribution >= 0.6 is 0 Å². The Morgan fingerprint density at radius 1 is 1.21 bits per heavy atom. The number of aromatic nitrogens is 1. The topological polar surface area (TPSA) is 61.2 Å². The maximum Gasteiger partial charge on any atom is 0.934 e. The van der Waals surface area contributed by atoms with Crippen molar-refractivity contribution in [1.29, 1.82) is 0 Å². The summed E-state index contributed by atoms with van der Waals surface area (Å²) >= 11 is -1.02. The minimum absolute atomic E-state index is 0.283. The van der Waals surface area contributed by atoms with Gasteiger partial charge in [0.2, 0.25) is 0 Å². The van der Waals surface area contributed by atoms with Gasteiger partial charge in [-0.1, -0.05) is 11.8 Å². The molecule has 0 spiro atoms. The summed E-state index contributed by atoms with van der Waals surface area (Å²) in [6, 6.07) is 7.32. The minimum atomic E-state index is -2.72. The average molecular weight is 545 g/mol. The number of nitrogens with zero attached hydrogens (tertiary/aromatic N) is 2. The molecule has 0 aliphatic carbocycles. The fraction of sp³-hybridized carbons (Fsp3) is 0.267. The second kappa shape index (κ2) is 10.5. The highest BCUT2D eigenvalue weighted by atomic mass is 32.2. The first-order valence-electron chi connectivity index (χ1n) is 12.6. The number of aryl methyl sites for hydroxylation is 2. The Balaban J connectivity index is 1.69. The fourth-order valence-corrected chi connectivity index (χ4v) is 6.38. The van der Waals surface area contributed by atoms with Crippen molar-refractivity contribution in [3.8, 4) is 11.8 Å². The van der Waals surface area contributed by atoms with Gasteiger partial charge in [-0.15, -0.1) is 0 Å². The number of benzene rings is 1. The van der Waals surface area contributed by atoms with Crippen LogP contribution in [0.25, 0.3) is 22.6 Å². The van der Waals surface area contributed by atoms with E-state index in [1.54, 1.807) is 37.3 Å². The molecule has 2 aromatic heterocycles. The van der Waals surface area contributed by atoms with E-state index in [0.717, 1.165) is 27.0 Å². The molecule has 0 fully saturated rings. The molecule has 2 aliphatic rings. The van der Waals surface area contributed by atoms with Crippen molar-refractivity contribution in [3.63, 3.8) is 0 Å². The molecule has 5 nitrogen and oxygen atoms in total. The van der Waals surface area contributed by atoms with Crippen molar-refractivity contribution in [2.45, 2.75) is 39.9 Å². The normalized spacial score (nSPS) is 18.6. The molecule has 9 heteroatoms. The predicted octanol–water partition coefficient (Wildman–Crippen LogP) is 5.53. The first-order chi connectivity index (χ1) is 18.5. The molecule has 198 valence electrons. The van der Waals surface area contributed by atoms with Crippen LogP contribution in [0.5, 0.6) is 0 Å². The molecule has 4 heterocycles. The Bertz CT molecular complexity index is 1770. The maximum absolute atomic E-state index is 14.2. The molecule has 5 rings (SSSR count). The standard InChI is InChI=1S/C30H28BF2N2O3S/c1-18-12-20(3)34(5)28(18)26(29-19(2)13-21(4)35(29)31(32)33)10-9-23-14-24-15-25-17-39(37)11-7-6-8-22(25)16-27(24)38-30(23)36/h9-10,12-16H,7,11,17H2,1-5H3/q+1/b10-9+. The van der Waals surface area contributed by atoms with Crippen LogP contribution < -0.4 is 5.63 Å². The van der Waals surface area contributed by atoms with Gasteiger partial charge in [0, 0.05) is 47.8 Å². The van der Waals surface area contributed by atoms with E-state index in [2.05, 4.69) is 11.8 Å². The van der Waals surface area contributed by atoms with Crippen molar-refractivity contribution in [2.75, 3.05) is 5.75 Å². The third kappa shape index (κ3) is 5.07. The second-order valence-corrected chi connectivity index (χ2v) is 11.5. The monoisotopic (exact) mass is 545 g/mol. The summed E-state index contributed by atoms with van der Waals surface area (Å²) < 4.78 is 49.5. The number of allylic oxidation sites excluding steroid dienone is 4. The van der Waals surface area contributed by atoms with E-state index in [4.69, 9.17) is 4.42 Å². The highest BCUT2D eigenvalue weighted by Gasteiger charge is 2.44. The summed E-state index contributed by atoms with van der Waals surface area (Å²) in [7, 11) is -0.827. The summed E-state index contributed by atoms with van der Waals surface area (Å²) in [6.07, 6.45) is 5.64. The smallest absolute Gasteiger partial charge is 0.616 e. The molecule has 2 aliphatic heterocycles. The van der Waals surface area contributed by atoms with E-state index in [1.165, 1.54) is 0 Å². The maximum atomic E-state index is 14.2. The van der Waals surface area contributed by atoms with Crippen LogP contribution in [0.4, 0.5) is 8.63 Å². The Hall–Kier alpha value is -3.61. The molecule has 39 heavy (non-hydrogen) atoms. The molecule has 1 unspecified atom stereocenters. The SMILES string of the molecule is CC1=CC(C)=[N+](B(F)F)/C1=C(/C=C/c1cc2cc3c(cc2oc1=O)C#CCC[S+]([O-])C3)c1c(C)cc(C)n1C. The summed E-state index contributed by atoms with van der Waals surface area (Å²) in [5, 5.41) is 0.683. The molecular weight excluding hydrogens is 517 g/mol. The number of rotatable bonds is 4.